The molecule has 0 unspecified atom stereocenters. The minimum Gasteiger partial charge on any atom is -0.465 e. The van der Waals surface area contributed by atoms with Gasteiger partial charge in [-0.15, -0.1) is 0 Å². The van der Waals surface area contributed by atoms with Gasteiger partial charge in [0.1, 0.15) is 11.5 Å². The monoisotopic (exact) mass is 383 g/mol. The zero-order valence-corrected chi connectivity index (χ0v) is 15.7. The summed E-state index contributed by atoms with van der Waals surface area (Å²) in [5.74, 6) is -0.117. The van der Waals surface area contributed by atoms with Gasteiger partial charge in [-0.3, -0.25) is 9.59 Å². The third kappa shape index (κ3) is 4.43. The van der Waals surface area contributed by atoms with E-state index < -0.39 is 5.97 Å². The van der Waals surface area contributed by atoms with Crippen LogP contribution in [0.25, 0.3) is 0 Å². The van der Waals surface area contributed by atoms with Crippen molar-refractivity contribution in [1.82, 2.24) is 19.8 Å². The first-order valence-corrected chi connectivity index (χ1v) is 8.80. The topological polar surface area (TPSA) is 105 Å². The predicted octanol–water partition coefficient (Wildman–Crippen LogP) is 1.31. The van der Waals surface area contributed by atoms with E-state index in [0.29, 0.717) is 37.6 Å². The van der Waals surface area contributed by atoms with Crippen LogP contribution < -0.4 is 5.32 Å². The Morgan fingerprint density at radius 3 is 2.14 bits per heavy atom. The van der Waals surface area contributed by atoms with E-state index in [1.807, 2.05) is 0 Å². The molecule has 0 saturated carbocycles. The lowest BCUT2D eigenvalue weighted by atomic mass is 10.2. The standard InChI is InChI=1S/C19H21N5O4/c1-13(25)23-7-9-24(10-8-23)18(26)16-11-21-17(12-20-16)22-15-5-3-14(4-6-15)19(27)28-2/h3-6,11-12H,7-10H2,1-2H3,(H,21,22). The van der Waals surface area contributed by atoms with Gasteiger partial charge in [0, 0.05) is 38.8 Å². The molecule has 1 aliphatic heterocycles. The summed E-state index contributed by atoms with van der Waals surface area (Å²) >= 11 is 0. The number of piperazine rings is 1. The Hall–Kier alpha value is -3.49. The molecule has 1 fully saturated rings. The number of methoxy groups -OCH3 is 1. The minimum atomic E-state index is -0.404. The number of nitrogens with zero attached hydrogens (tertiary/aromatic N) is 4. The van der Waals surface area contributed by atoms with Crippen LogP contribution in [0, 0.1) is 0 Å². The van der Waals surface area contributed by atoms with Crippen molar-refractivity contribution in [1.29, 1.82) is 0 Å². The predicted molar refractivity (Wildman–Crippen MR) is 101 cm³/mol. The molecular formula is C19H21N5O4. The van der Waals surface area contributed by atoms with Gasteiger partial charge in [-0.1, -0.05) is 0 Å². The summed E-state index contributed by atoms with van der Waals surface area (Å²) in [6, 6.07) is 6.73. The summed E-state index contributed by atoms with van der Waals surface area (Å²) in [4.78, 5) is 47.2. The highest BCUT2D eigenvalue weighted by Gasteiger charge is 2.24. The molecule has 0 radical (unpaired) electrons. The number of aromatic nitrogens is 2. The quantitative estimate of drug-likeness (QED) is 0.794. The number of rotatable bonds is 4. The maximum absolute atomic E-state index is 12.5. The summed E-state index contributed by atoms with van der Waals surface area (Å²) in [6.07, 6.45) is 2.90. The van der Waals surface area contributed by atoms with E-state index in [1.54, 1.807) is 34.1 Å². The van der Waals surface area contributed by atoms with Gasteiger partial charge >= 0.3 is 5.97 Å². The van der Waals surface area contributed by atoms with Crippen LogP contribution in [0.15, 0.2) is 36.7 Å². The smallest absolute Gasteiger partial charge is 0.337 e. The average Bonchev–Trinajstić information content (AvgIpc) is 2.74. The van der Waals surface area contributed by atoms with E-state index in [-0.39, 0.29) is 17.5 Å². The molecule has 1 saturated heterocycles. The molecule has 3 rings (SSSR count). The van der Waals surface area contributed by atoms with Crippen LogP contribution in [0.2, 0.25) is 0 Å². The van der Waals surface area contributed by atoms with Gasteiger partial charge in [0.2, 0.25) is 5.91 Å². The number of anilines is 2. The minimum absolute atomic E-state index is 0.0157. The second-order valence-electron chi connectivity index (χ2n) is 6.28. The molecule has 0 aliphatic carbocycles. The van der Waals surface area contributed by atoms with E-state index in [1.165, 1.54) is 26.4 Å². The van der Waals surface area contributed by atoms with Crippen LogP contribution in [-0.2, 0) is 9.53 Å². The Morgan fingerprint density at radius 2 is 1.61 bits per heavy atom. The number of carbonyl (C=O) groups is 3. The molecule has 9 nitrogen and oxygen atoms in total. The normalized spacial score (nSPS) is 13.8. The van der Waals surface area contributed by atoms with Crippen LogP contribution >= 0.6 is 0 Å². The number of nitrogens with one attached hydrogen (secondary N) is 1. The van der Waals surface area contributed by atoms with E-state index in [9.17, 15) is 14.4 Å². The summed E-state index contributed by atoms with van der Waals surface area (Å²) in [5.41, 5.74) is 1.43. The fourth-order valence-electron chi connectivity index (χ4n) is 2.84. The van der Waals surface area contributed by atoms with Crippen LogP contribution in [0.4, 0.5) is 11.5 Å². The van der Waals surface area contributed by atoms with Crippen LogP contribution in [0.5, 0.6) is 0 Å². The number of amides is 2. The number of hydrogen-bond acceptors (Lipinski definition) is 7. The Balaban J connectivity index is 1.59. The van der Waals surface area contributed by atoms with Crippen molar-refractivity contribution in [2.45, 2.75) is 6.92 Å². The summed E-state index contributed by atoms with van der Waals surface area (Å²) in [5, 5.41) is 3.06. The third-order valence-corrected chi connectivity index (χ3v) is 4.46. The number of hydrogen-bond donors (Lipinski definition) is 1. The first-order chi connectivity index (χ1) is 13.5. The maximum Gasteiger partial charge on any atom is 0.337 e. The average molecular weight is 383 g/mol. The van der Waals surface area contributed by atoms with Gasteiger partial charge in [0.05, 0.1) is 25.1 Å². The first kappa shape index (κ1) is 19.3. The van der Waals surface area contributed by atoms with Crippen molar-refractivity contribution in [3.63, 3.8) is 0 Å². The summed E-state index contributed by atoms with van der Waals surface area (Å²) < 4.78 is 4.66. The van der Waals surface area contributed by atoms with E-state index in [0.717, 1.165) is 5.69 Å². The second-order valence-corrected chi connectivity index (χ2v) is 6.28. The van der Waals surface area contributed by atoms with Crippen molar-refractivity contribution in [3.05, 3.63) is 47.9 Å². The first-order valence-electron chi connectivity index (χ1n) is 8.80. The number of ether oxygens (including phenoxy) is 1. The highest BCUT2D eigenvalue weighted by atomic mass is 16.5. The molecule has 1 N–H and O–H groups in total. The van der Waals surface area contributed by atoms with Crippen LogP contribution in [0.3, 0.4) is 0 Å². The van der Waals surface area contributed by atoms with Crippen molar-refractivity contribution < 1.29 is 19.1 Å². The van der Waals surface area contributed by atoms with Crippen molar-refractivity contribution in [2.75, 3.05) is 38.6 Å². The van der Waals surface area contributed by atoms with Crippen molar-refractivity contribution >= 4 is 29.3 Å². The zero-order chi connectivity index (χ0) is 20.1. The highest BCUT2D eigenvalue weighted by Crippen LogP contribution is 2.16. The Kier molecular flexibility index (Phi) is 5.83. The molecule has 2 heterocycles. The molecule has 28 heavy (non-hydrogen) atoms. The molecule has 0 spiro atoms. The van der Waals surface area contributed by atoms with Gasteiger partial charge in [-0.2, -0.15) is 0 Å². The number of esters is 1. The molecular weight excluding hydrogens is 362 g/mol. The van der Waals surface area contributed by atoms with Crippen LogP contribution in [-0.4, -0.2) is 70.8 Å². The second kappa shape index (κ2) is 8.47. The fourth-order valence-corrected chi connectivity index (χ4v) is 2.84. The van der Waals surface area contributed by atoms with Gasteiger partial charge in [-0.25, -0.2) is 14.8 Å². The third-order valence-electron chi connectivity index (χ3n) is 4.46. The highest BCUT2D eigenvalue weighted by molar-refractivity contribution is 5.92. The fraction of sp³-hybridized carbons (Fsp3) is 0.316. The molecule has 1 aromatic heterocycles. The summed E-state index contributed by atoms with van der Waals surface area (Å²) in [6.45, 7) is 3.53. The Labute approximate surface area is 162 Å². The molecule has 2 aromatic rings. The Bertz CT molecular complexity index is 859. The molecule has 1 aliphatic rings. The number of carbonyl (C=O) groups excluding carboxylic acids is 3. The lowest BCUT2D eigenvalue weighted by molar-refractivity contribution is -0.130. The molecule has 9 heteroatoms. The molecule has 146 valence electrons. The molecule has 0 atom stereocenters. The van der Waals surface area contributed by atoms with Crippen molar-refractivity contribution in [3.8, 4) is 0 Å². The van der Waals surface area contributed by atoms with E-state index >= 15 is 0 Å². The number of benzene rings is 1. The maximum atomic E-state index is 12.5. The Morgan fingerprint density at radius 1 is 0.964 bits per heavy atom. The lowest BCUT2D eigenvalue weighted by Crippen LogP contribution is -2.50. The molecule has 1 aromatic carbocycles. The van der Waals surface area contributed by atoms with Gasteiger partial charge in [-0.05, 0) is 24.3 Å². The zero-order valence-electron chi connectivity index (χ0n) is 15.7. The lowest BCUT2D eigenvalue weighted by Gasteiger charge is -2.33. The SMILES string of the molecule is COC(=O)c1ccc(Nc2cnc(C(=O)N3CCN(C(C)=O)CC3)cn2)cc1. The van der Waals surface area contributed by atoms with E-state index in [2.05, 4.69) is 20.0 Å². The van der Waals surface area contributed by atoms with Crippen molar-refractivity contribution in [2.24, 2.45) is 0 Å². The van der Waals surface area contributed by atoms with Gasteiger partial charge in [0.15, 0.2) is 0 Å². The molecule has 0 bridgehead atoms. The molecule has 2 amide bonds. The van der Waals surface area contributed by atoms with E-state index in [4.69, 9.17) is 0 Å². The van der Waals surface area contributed by atoms with Gasteiger partial charge < -0.3 is 19.9 Å². The largest absolute Gasteiger partial charge is 0.465 e. The van der Waals surface area contributed by atoms with Gasteiger partial charge in [0.25, 0.3) is 5.91 Å². The summed E-state index contributed by atoms with van der Waals surface area (Å²) in [7, 11) is 1.33. The van der Waals surface area contributed by atoms with Crippen LogP contribution in [0.1, 0.15) is 27.8 Å².